The summed E-state index contributed by atoms with van der Waals surface area (Å²) in [6.07, 6.45) is 1.85. The lowest BCUT2D eigenvalue weighted by Crippen LogP contribution is -2.58. The summed E-state index contributed by atoms with van der Waals surface area (Å²) in [6, 6.07) is 3.83. The molecule has 0 aliphatic heterocycles. The molecule has 0 aliphatic rings. The number of hydrogen-bond acceptors (Lipinski definition) is 8. The third-order valence-electron chi connectivity index (χ3n) is 4.99. The fourth-order valence-corrected chi connectivity index (χ4v) is 3.47. The van der Waals surface area contributed by atoms with E-state index in [0.29, 0.717) is 11.3 Å². The molecule has 1 aromatic rings. The Kier molecular flexibility index (Phi) is 13.4. The molecule has 4 atom stereocenters. The van der Waals surface area contributed by atoms with Crippen LogP contribution in [0.5, 0.6) is 0 Å². The van der Waals surface area contributed by atoms with Crippen molar-refractivity contribution in [2.45, 2.75) is 49.9 Å². The Morgan fingerprint density at radius 2 is 1.49 bits per heavy atom. The fraction of sp³-hybridized carbons (Fsp3) is 0.500. The van der Waals surface area contributed by atoms with Crippen LogP contribution in [0, 0.1) is 0 Å². The number of carbonyl (C=O) groups is 5. The molecule has 1 aromatic carbocycles. The Morgan fingerprint density at radius 3 is 2.03 bits per heavy atom. The zero-order valence-electron chi connectivity index (χ0n) is 19.4. The van der Waals surface area contributed by atoms with Gasteiger partial charge in [0.25, 0.3) is 0 Å². The topological polar surface area (TPSA) is 214 Å². The third kappa shape index (κ3) is 11.2. The molecule has 4 unspecified atom stereocenters. The molecule has 194 valence electrons. The maximum atomic E-state index is 12.9. The Hall–Kier alpha value is -3.16. The number of carboxylic acid groups (broad SMARTS) is 1. The minimum Gasteiger partial charge on any atom is -0.480 e. The van der Waals surface area contributed by atoms with Gasteiger partial charge in [-0.15, -0.1) is 0 Å². The predicted octanol–water partition coefficient (Wildman–Crippen LogP) is -1.89. The van der Waals surface area contributed by atoms with Crippen molar-refractivity contribution in [3.8, 4) is 0 Å². The number of hydrogen-bond donors (Lipinski definition) is 7. The summed E-state index contributed by atoms with van der Waals surface area (Å²) in [5.41, 5.74) is 11.4. The van der Waals surface area contributed by atoms with Crippen molar-refractivity contribution in [3.63, 3.8) is 0 Å². The van der Waals surface area contributed by atoms with Crippen LogP contribution in [0.4, 0.5) is 0 Å². The molecule has 0 aliphatic carbocycles. The number of amides is 4. The summed E-state index contributed by atoms with van der Waals surface area (Å²) < 4.78 is 0. The van der Waals surface area contributed by atoms with Gasteiger partial charge in [-0.3, -0.25) is 19.2 Å². The second kappa shape index (κ2) is 15.7. The quantitative estimate of drug-likeness (QED) is 0.132. The molecule has 0 heterocycles. The summed E-state index contributed by atoms with van der Waals surface area (Å²) >= 11 is 1.43. The number of nitrogens with two attached hydrogens (primary N) is 2. The summed E-state index contributed by atoms with van der Waals surface area (Å²) in [7, 11) is 0. The van der Waals surface area contributed by atoms with E-state index in [0.717, 1.165) is 0 Å². The number of nitrogens with one attached hydrogen (secondary N) is 3. The maximum absolute atomic E-state index is 12.9. The highest BCUT2D eigenvalue weighted by molar-refractivity contribution is 7.98. The molecule has 13 heteroatoms. The Labute approximate surface area is 207 Å². The highest BCUT2D eigenvalue weighted by Gasteiger charge is 2.30. The number of benzene rings is 1. The summed E-state index contributed by atoms with van der Waals surface area (Å²) in [6.45, 7) is -0.786. The smallest absolute Gasteiger partial charge is 0.326 e. The van der Waals surface area contributed by atoms with Crippen molar-refractivity contribution in [2.75, 3.05) is 18.6 Å². The number of carboxylic acids is 1. The first-order valence-electron chi connectivity index (χ1n) is 10.9. The van der Waals surface area contributed by atoms with Crippen LogP contribution in [0.2, 0.25) is 0 Å². The second-order valence-corrected chi connectivity index (χ2v) is 8.77. The van der Waals surface area contributed by atoms with Gasteiger partial charge in [-0.1, -0.05) is 30.3 Å². The van der Waals surface area contributed by atoms with Gasteiger partial charge in [0, 0.05) is 12.8 Å². The normalized spacial score (nSPS) is 14.1. The van der Waals surface area contributed by atoms with Gasteiger partial charge in [-0.25, -0.2) is 4.79 Å². The summed E-state index contributed by atoms with van der Waals surface area (Å²) in [5.74, 6) is -3.72. The summed E-state index contributed by atoms with van der Waals surface area (Å²) in [4.78, 5) is 60.4. The number of thioether (sulfide) groups is 1. The molecule has 4 amide bonds. The zero-order valence-corrected chi connectivity index (χ0v) is 20.3. The minimum atomic E-state index is -1.43. The highest BCUT2D eigenvalue weighted by atomic mass is 32.2. The molecule has 12 nitrogen and oxygen atoms in total. The predicted molar refractivity (Wildman–Crippen MR) is 130 cm³/mol. The van der Waals surface area contributed by atoms with E-state index in [9.17, 15) is 34.2 Å². The number of aliphatic hydroxyl groups is 1. The lowest BCUT2D eigenvalue weighted by Gasteiger charge is -2.24. The number of carbonyl (C=O) groups excluding carboxylic acids is 4. The first kappa shape index (κ1) is 29.9. The van der Waals surface area contributed by atoms with E-state index < -0.39 is 60.4 Å². The van der Waals surface area contributed by atoms with Gasteiger partial charge < -0.3 is 37.6 Å². The van der Waals surface area contributed by atoms with Gasteiger partial charge in [-0.05, 0) is 30.4 Å². The first-order chi connectivity index (χ1) is 16.6. The van der Waals surface area contributed by atoms with Crippen molar-refractivity contribution in [1.29, 1.82) is 0 Å². The molecule has 0 spiro atoms. The minimum absolute atomic E-state index is 0.0392. The van der Waals surface area contributed by atoms with Crippen LogP contribution in [0.15, 0.2) is 30.3 Å². The fourth-order valence-electron chi connectivity index (χ4n) is 3.00. The SMILES string of the molecule is CSCCC(NC(=O)C(Cc1ccccc1)NC(=O)C(CO)NC(=O)C(N)CCC(N)=O)C(=O)O. The molecular formula is C22H33N5O7S. The average molecular weight is 512 g/mol. The Morgan fingerprint density at radius 1 is 0.914 bits per heavy atom. The van der Waals surface area contributed by atoms with Crippen LogP contribution >= 0.6 is 11.8 Å². The molecule has 0 saturated carbocycles. The van der Waals surface area contributed by atoms with Gasteiger partial charge in [0.1, 0.15) is 18.1 Å². The Balaban J connectivity index is 2.96. The van der Waals surface area contributed by atoms with Crippen molar-refractivity contribution in [1.82, 2.24) is 16.0 Å². The van der Waals surface area contributed by atoms with E-state index in [1.54, 1.807) is 30.3 Å². The van der Waals surface area contributed by atoms with E-state index in [1.165, 1.54) is 11.8 Å². The number of primary amides is 1. The number of aliphatic hydroxyl groups excluding tert-OH is 1. The molecule has 0 fully saturated rings. The molecular weight excluding hydrogens is 478 g/mol. The van der Waals surface area contributed by atoms with Gasteiger partial charge in [0.15, 0.2) is 0 Å². The highest BCUT2D eigenvalue weighted by Crippen LogP contribution is 2.07. The van der Waals surface area contributed by atoms with Crippen LogP contribution in [-0.4, -0.2) is 82.6 Å². The third-order valence-corrected chi connectivity index (χ3v) is 5.64. The maximum Gasteiger partial charge on any atom is 0.326 e. The zero-order chi connectivity index (χ0) is 26.4. The van der Waals surface area contributed by atoms with E-state index in [4.69, 9.17) is 11.5 Å². The van der Waals surface area contributed by atoms with Crippen LogP contribution in [0.1, 0.15) is 24.8 Å². The molecule has 0 bridgehead atoms. The largest absolute Gasteiger partial charge is 0.480 e. The van der Waals surface area contributed by atoms with E-state index in [1.807, 2.05) is 6.26 Å². The van der Waals surface area contributed by atoms with Crippen LogP contribution in [0.3, 0.4) is 0 Å². The van der Waals surface area contributed by atoms with Gasteiger partial charge in [0.05, 0.1) is 12.6 Å². The van der Waals surface area contributed by atoms with E-state index in [-0.39, 0.29) is 25.7 Å². The van der Waals surface area contributed by atoms with Gasteiger partial charge >= 0.3 is 5.97 Å². The van der Waals surface area contributed by atoms with Crippen molar-refractivity contribution < 1.29 is 34.2 Å². The molecule has 35 heavy (non-hydrogen) atoms. The molecule has 9 N–H and O–H groups in total. The molecule has 0 aromatic heterocycles. The second-order valence-electron chi connectivity index (χ2n) is 7.79. The van der Waals surface area contributed by atoms with Crippen LogP contribution in [-0.2, 0) is 30.4 Å². The number of aliphatic carboxylic acids is 1. The van der Waals surface area contributed by atoms with Crippen molar-refractivity contribution >= 4 is 41.4 Å². The standard InChI is InChI=1S/C22H33N5O7S/c1-35-10-9-15(22(33)34)25-20(31)16(11-13-5-3-2-4-6-13)26-21(32)17(12-28)27-19(30)14(23)7-8-18(24)29/h2-6,14-17,28H,7-12,23H2,1H3,(H2,24,29)(H,25,31)(H,26,32)(H,27,30)(H,33,34). The average Bonchev–Trinajstić information content (AvgIpc) is 2.82. The van der Waals surface area contributed by atoms with Gasteiger partial charge in [0.2, 0.25) is 23.6 Å². The lowest BCUT2D eigenvalue weighted by molar-refractivity contribution is -0.142. The molecule has 0 saturated heterocycles. The number of rotatable bonds is 16. The Bertz CT molecular complexity index is 871. The van der Waals surface area contributed by atoms with Gasteiger partial charge in [-0.2, -0.15) is 11.8 Å². The lowest BCUT2D eigenvalue weighted by atomic mass is 10.0. The first-order valence-corrected chi connectivity index (χ1v) is 12.3. The molecule has 0 radical (unpaired) electrons. The van der Waals surface area contributed by atoms with Crippen molar-refractivity contribution in [2.24, 2.45) is 11.5 Å². The van der Waals surface area contributed by atoms with E-state index in [2.05, 4.69) is 16.0 Å². The van der Waals surface area contributed by atoms with Crippen molar-refractivity contribution in [3.05, 3.63) is 35.9 Å². The summed E-state index contributed by atoms with van der Waals surface area (Å²) in [5, 5.41) is 26.2. The van der Waals surface area contributed by atoms with Crippen LogP contribution in [0.25, 0.3) is 0 Å². The monoisotopic (exact) mass is 511 g/mol. The van der Waals surface area contributed by atoms with Crippen LogP contribution < -0.4 is 27.4 Å². The molecule has 1 rings (SSSR count). The van der Waals surface area contributed by atoms with E-state index >= 15 is 0 Å².